The van der Waals surface area contributed by atoms with E-state index in [9.17, 15) is 39.9 Å². The van der Waals surface area contributed by atoms with E-state index in [1.165, 1.54) is 71.8 Å². The number of aliphatic hydroxyl groups excluding tert-OH is 2. The lowest BCUT2D eigenvalue weighted by Gasteiger charge is -2.39. The van der Waals surface area contributed by atoms with E-state index in [-0.39, 0.29) is 44.5 Å². The van der Waals surface area contributed by atoms with Crippen molar-refractivity contribution in [2.75, 3.05) is 38.6 Å². The van der Waals surface area contributed by atoms with Crippen LogP contribution in [-0.2, 0) is 23.8 Å². The van der Waals surface area contributed by atoms with Crippen molar-refractivity contribution < 1.29 is 58.9 Å². The van der Waals surface area contributed by atoms with Gasteiger partial charge < -0.3 is 54.7 Å². The van der Waals surface area contributed by atoms with E-state index in [1.54, 1.807) is 46.8 Å². The van der Waals surface area contributed by atoms with E-state index < -0.39 is 88.8 Å². The summed E-state index contributed by atoms with van der Waals surface area (Å²) in [5.74, 6) is -8.27. The number of methoxy groups -OCH3 is 1. The zero-order valence-corrected chi connectivity index (χ0v) is 38.5. The van der Waals surface area contributed by atoms with Crippen LogP contribution in [0.25, 0.3) is 10.8 Å². The number of piperidine rings is 2. The van der Waals surface area contributed by atoms with Crippen molar-refractivity contribution in [2.24, 2.45) is 28.8 Å². The number of carbonyl (C=O) groups excluding carboxylic acids is 3. The molecule has 5 heterocycles. The van der Waals surface area contributed by atoms with Crippen LogP contribution in [0.1, 0.15) is 102 Å². The molecule has 0 aliphatic carbocycles. The van der Waals surface area contributed by atoms with Gasteiger partial charge in [-0.15, -0.1) is 0 Å². The predicted octanol–water partition coefficient (Wildman–Crippen LogP) is 6.04. The molecule has 2 aromatic rings. The van der Waals surface area contributed by atoms with Gasteiger partial charge in [-0.25, -0.2) is 0 Å². The molecular formula is C48H66N4O12. The molecule has 2 aromatic carbocycles. The van der Waals surface area contributed by atoms with Crippen LogP contribution in [0.15, 0.2) is 41.2 Å². The Labute approximate surface area is 375 Å². The summed E-state index contributed by atoms with van der Waals surface area (Å²) in [7, 11) is 1.44. The monoisotopic (exact) mass is 890 g/mol. The van der Waals surface area contributed by atoms with Crippen LogP contribution in [0.5, 0.6) is 23.0 Å². The molecule has 7 rings (SSSR count). The van der Waals surface area contributed by atoms with Crippen LogP contribution in [0.3, 0.4) is 0 Å². The first-order valence-electron chi connectivity index (χ1n) is 22.4. The summed E-state index contributed by atoms with van der Waals surface area (Å²) >= 11 is 0. The van der Waals surface area contributed by atoms with E-state index in [0.717, 1.165) is 25.9 Å². The summed E-state index contributed by atoms with van der Waals surface area (Å²) in [5, 5.41) is 67.7. The molecule has 2 fully saturated rings. The summed E-state index contributed by atoms with van der Waals surface area (Å²) in [6.45, 7) is 16.0. The molecule has 2 saturated heterocycles. The maximum atomic E-state index is 14.6. The third-order valence-electron chi connectivity index (χ3n) is 13.7. The molecule has 64 heavy (non-hydrogen) atoms. The van der Waals surface area contributed by atoms with Gasteiger partial charge in [0.15, 0.2) is 5.75 Å². The van der Waals surface area contributed by atoms with Gasteiger partial charge in [-0.1, -0.05) is 52.3 Å². The zero-order chi connectivity index (χ0) is 46.8. The van der Waals surface area contributed by atoms with E-state index in [4.69, 9.17) is 24.0 Å². The highest BCUT2D eigenvalue weighted by atomic mass is 16.7. The maximum Gasteiger partial charge on any atom is 0.312 e. The molecule has 5 bridgehead atoms. The number of hydrogen-bond acceptors (Lipinski definition) is 15. The predicted molar refractivity (Wildman–Crippen MR) is 241 cm³/mol. The van der Waals surface area contributed by atoms with Crippen LogP contribution in [-0.4, -0.2) is 129 Å². The third-order valence-corrected chi connectivity index (χ3v) is 13.7. The van der Waals surface area contributed by atoms with Gasteiger partial charge in [-0.3, -0.25) is 19.4 Å². The Hall–Kier alpha value is -5.16. The molecule has 350 valence electrons. The number of amides is 1. The Kier molecular flexibility index (Phi) is 15.0. The number of ether oxygens (including phenoxy) is 4. The molecule has 5 aliphatic rings. The van der Waals surface area contributed by atoms with Gasteiger partial charge in [0.05, 0.1) is 53.0 Å². The summed E-state index contributed by atoms with van der Waals surface area (Å²) in [6.07, 6.45) is 10.4. The summed E-state index contributed by atoms with van der Waals surface area (Å²) in [5.41, 5.74) is -0.280. The number of ketones is 1. The van der Waals surface area contributed by atoms with Gasteiger partial charge in [0, 0.05) is 80.3 Å². The van der Waals surface area contributed by atoms with Crippen molar-refractivity contribution in [1.82, 2.24) is 9.91 Å². The van der Waals surface area contributed by atoms with Crippen molar-refractivity contribution in [1.29, 1.82) is 0 Å². The Morgan fingerprint density at radius 2 is 1.58 bits per heavy atom. The fraction of sp³-hybridized carbons (Fsp3) is 0.583. The normalized spacial score (nSPS) is 32.2. The largest absolute Gasteiger partial charge is 0.507 e. The summed E-state index contributed by atoms with van der Waals surface area (Å²) < 4.78 is 23.7. The fourth-order valence-corrected chi connectivity index (χ4v) is 9.63. The second-order valence-corrected chi connectivity index (χ2v) is 18.1. The van der Waals surface area contributed by atoms with Gasteiger partial charge in [-0.05, 0) is 58.7 Å². The highest BCUT2D eigenvalue weighted by Crippen LogP contribution is 2.55. The molecule has 16 heteroatoms. The lowest BCUT2D eigenvalue weighted by Crippen LogP contribution is -2.46. The second-order valence-electron chi connectivity index (χ2n) is 18.1. The summed E-state index contributed by atoms with van der Waals surface area (Å²) in [4.78, 5) is 43.4. The first-order valence-corrected chi connectivity index (χ1v) is 22.4. The Bertz CT molecular complexity index is 2210. The third kappa shape index (κ3) is 9.60. The highest BCUT2D eigenvalue weighted by Gasteiger charge is 2.50. The molecule has 0 aromatic heterocycles. The number of hydrazone groups is 1. The van der Waals surface area contributed by atoms with Gasteiger partial charge in [-0.2, -0.15) is 5.10 Å². The van der Waals surface area contributed by atoms with Crippen LogP contribution < -0.4 is 10.1 Å². The van der Waals surface area contributed by atoms with Crippen molar-refractivity contribution in [3.8, 4) is 23.0 Å². The Balaban J connectivity index is 1.46. The number of fused-ring (bicyclic) bond motifs is 14. The number of aromatic hydroxyl groups is 3. The minimum atomic E-state index is -2.04. The van der Waals surface area contributed by atoms with E-state index in [2.05, 4.69) is 10.2 Å². The number of phenolic OH excluding ortho intramolecular Hbond substituents is 3. The average molecular weight is 891 g/mol. The van der Waals surface area contributed by atoms with Crippen molar-refractivity contribution in [2.45, 2.75) is 124 Å². The number of rotatable bonds is 5. The number of phenols is 3. The second kappa shape index (κ2) is 19.9. The molecule has 0 radical (unpaired) electrons. The first kappa shape index (κ1) is 48.3. The van der Waals surface area contributed by atoms with E-state index in [0.29, 0.717) is 19.1 Å². The van der Waals surface area contributed by atoms with Gasteiger partial charge in [0.1, 0.15) is 23.4 Å². The zero-order valence-electron chi connectivity index (χ0n) is 38.5. The number of benzene rings is 2. The molecule has 0 unspecified atom stereocenters. The van der Waals surface area contributed by atoms with E-state index >= 15 is 0 Å². The molecule has 0 saturated carbocycles. The topological polar surface area (TPSA) is 220 Å². The van der Waals surface area contributed by atoms with Crippen molar-refractivity contribution in [3.63, 3.8) is 0 Å². The molecule has 0 spiro atoms. The van der Waals surface area contributed by atoms with E-state index in [1.807, 2.05) is 5.01 Å². The van der Waals surface area contributed by atoms with Crippen LogP contribution in [0, 0.1) is 30.6 Å². The lowest BCUT2D eigenvalue weighted by atomic mass is 9.78. The van der Waals surface area contributed by atoms with Crippen molar-refractivity contribution >= 4 is 40.3 Å². The molecule has 16 nitrogen and oxygen atoms in total. The maximum absolute atomic E-state index is 14.6. The number of Topliss-reactive ketones (excluding diaryl/α,β-unsaturated/α-hetero) is 1. The molecule has 6 N–H and O–H groups in total. The SMILES string of the molecule is CO[C@H]1/C=C/O[C@@]2(C)Oc3c(C)c(O)c4c(O)c(c(/C=N/N5CCC(N6CCCCC6)CC5)c(O)c4c3C2=O)NC(=O)/C(C)=C\C=C\[C@H](C)[C@H](O)[C@@H](C)[C@@H](O)[C@@H](C)[C@H](OC(C)=O)[C@@H]1C. The quantitative estimate of drug-likeness (QED) is 0.0873. The number of anilines is 1. The Morgan fingerprint density at radius 1 is 0.906 bits per heavy atom. The number of hydrogen-bond donors (Lipinski definition) is 6. The number of carbonyl (C=O) groups is 3. The highest BCUT2D eigenvalue weighted by molar-refractivity contribution is 6.23. The van der Waals surface area contributed by atoms with Crippen molar-refractivity contribution in [3.05, 3.63) is 52.8 Å². The molecular weight excluding hydrogens is 825 g/mol. The van der Waals surface area contributed by atoms with Crippen LogP contribution in [0.4, 0.5) is 5.69 Å². The minimum absolute atomic E-state index is 0.0644. The molecule has 9 atom stereocenters. The number of likely N-dealkylation sites (tertiary alicyclic amines) is 1. The number of allylic oxidation sites excluding steroid dienone is 2. The number of nitrogens with zero attached hydrogens (tertiary/aromatic N) is 3. The lowest BCUT2D eigenvalue weighted by molar-refractivity contribution is -0.160. The standard InChI is InChI=1S/C48H66N4O12/c1-25-14-13-15-26(2)47(60)50-38-33(24-49-52-21-16-32(17-22-52)51-19-11-10-12-20-51)42(57)35-36(43(38)58)41(56)30(6)45-37(35)46(59)48(8,64-45)62-23-18-34(61-9)27(3)44(63-31(7)53)29(5)40(55)28(4)39(25)54/h13-15,18,23-25,27-29,32,34,39-40,44,54-58H,10-12,16-17,19-22H2,1-9H3,(H,50,60)/b14-13+,23-18+,26-15-,49-24+/t25-,27+,28+,29+,34-,39-,40+,44+,48-/m0/s1. The van der Waals surface area contributed by atoms with Crippen LogP contribution in [0.2, 0.25) is 0 Å². The smallest absolute Gasteiger partial charge is 0.312 e. The average Bonchev–Trinajstić information content (AvgIpc) is 3.54. The Morgan fingerprint density at radius 3 is 2.22 bits per heavy atom. The molecule has 1 amide bonds. The number of esters is 1. The van der Waals surface area contributed by atoms with Gasteiger partial charge in [0.2, 0.25) is 0 Å². The summed E-state index contributed by atoms with van der Waals surface area (Å²) in [6, 6.07) is 0.442. The number of nitrogens with one attached hydrogen (secondary N) is 1. The number of aliphatic hydroxyl groups is 2. The first-order chi connectivity index (χ1) is 30.3. The van der Waals surface area contributed by atoms with Gasteiger partial charge >= 0.3 is 11.8 Å². The fourth-order valence-electron chi connectivity index (χ4n) is 9.63. The van der Waals surface area contributed by atoms with Crippen LogP contribution >= 0.6 is 0 Å². The molecule has 5 aliphatic heterocycles. The minimum Gasteiger partial charge on any atom is -0.507 e. The van der Waals surface area contributed by atoms with Gasteiger partial charge in [0.25, 0.3) is 11.7 Å².